The Kier molecular flexibility index (Phi) is 8.47. The van der Waals surface area contributed by atoms with Gasteiger partial charge in [-0.1, -0.05) is 19.1 Å². The molecule has 0 unspecified atom stereocenters. The van der Waals surface area contributed by atoms with Crippen molar-refractivity contribution in [2.24, 2.45) is 5.10 Å². The first kappa shape index (κ1) is 22.2. The Labute approximate surface area is 173 Å². The molecule has 2 rings (SSSR count). The number of methoxy groups -OCH3 is 2. The Bertz CT molecular complexity index is 884. The van der Waals surface area contributed by atoms with Crippen molar-refractivity contribution < 1.29 is 19.2 Å². The Balaban J connectivity index is 1.87. The number of carbonyl (C=O) groups excluding carboxylic acids is 1. The Morgan fingerprint density at radius 1 is 1.21 bits per heavy atom. The number of rotatable bonds is 10. The van der Waals surface area contributed by atoms with Gasteiger partial charge in [-0.25, -0.2) is 5.43 Å². The highest BCUT2D eigenvalue weighted by Crippen LogP contribution is 2.31. The minimum atomic E-state index is -0.441. The molecule has 0 aromatic heterocycles. The second-order valence-corrected chi connectivity index (χ2v) is 6.92. The molecule has 0 aliphatic heterocycles. The van der Waals surface area contributed by atoms with Crippen LogP contribution in [0.5, 0.6) is 11.5 Å². The minimum Gasteiger partial charge on any atom is -0.496 e. The number of carbonyl (C=O) groups is 1. The Morgan fingerprint density at radius 3 is 2.52 bits per heavy atom. The SMILES string of the molecule is CCc1c(OC)ccc(C=NNC(=O)CSCc2ccc([N+](=O)[O-])cc2)c1OC. The van der Waals surface area contributed by atoms with Crippen molar-refractivity contribution in [2.75, 3.05) is 20.0 Å². The summed E-state index contributed by atoms with van der Waals surface area (Å²) in [6.45, 7) is 2.01. The summed E-state index contributed by atoms with van der Waals surface area (Å²) in [5.74, 6) is 1.96. The first-order valence-corrected chi connectivity index (χ1v) is 10.0. The fraction of sp³-hybridized carbons (Fsp3) is 0.300. The van der Waals surface area contributed by atoms with E-state index in [-0.39, 0.29) is 17.3 Å². The number of nitro groups is 1. The maximum Gasteiger partial charge on any atom is 0.269 e. The maximum absolute atomic E-state index is 12.0. The Hall–Kier alpha value is -3.07. The van der Waals surface area contributed by atoms with Crippen molar-refractivity contribution in [2.45, 2.75) is 19.1 Å². The molecule has 2 aromatic carbocycles. The predicted molar refractivity (Wildman–Crippen MR) is 114 cm³/mol. The topological polar surface area (TPSA) is 103 Å². The van der Waals surface area contributed by atoms with Crippen LogP contribution in [-0.2, 0) is 17.0 Å². The smallest absolute Gasteiger partial charge is 0.269 e. The fourth-order valence-electron chi connectivity index (χ4n) is 2.68. The number of ether oxygens (including phenoxy) is 2. The molecule has 8 nitrogen and oxygen atoms in total. The van der Waals surface area contributed by atoms with Gasteiger partial charge in [-0.05, 0) is 24.1 Å². The number of thioether (sulfide) groups is 1. The van der Waals surface area contributed by atoms with Gasteiger partial charge in [-0.15, -0.1) is 11.8 Å². The molecule has 0 bridgehead atoms. The predicted octanol–water partition coefficient (Wildman–Crippen LogP) is 3.56. The first-order chi connectivity index (χ1) is 14.0. The normalized spacial score (nSPS) is 10.7. The van der Waals surface area contributed by atoms with Gasteiger partial charge in [-0.2, -0.15) is 5.10 Å². The largest absolute Gasteiger partial charge is 0.496 e. The van der Waals surface area contributed by atoms with Crippen molar-refractivity contribution in [3.05, 3.63) is 63.2 Å². The number of hydrogen-bond donors (Lipinski definition) is 1. The van der Waals surface area contributed by atoms with E-state index in [9.17, 15) is 14.9 Å². The van der Waals surface area contributed by atoms with Gasteiger partial charge in [0.25, 0.3) is 5.69 Å². The molecule has 0 spiro atoms. The van der Waals surface area contributed by atoms with E-state index in [1.807, 2.05) is 19.1 Å². The summed E-state index contributed by atoms with van der Waals surface area (Å²) in [5, 5.41) is 14.7. The first-order valence-electron chi connectivity index (χ1n) is 8.87. The van der Waals surface area contributed by atoms with E-state index in [4.69, 9.17) is 9.47 Å². The van der Waals surface area contributed by atoms with E-state index in [0.717, 1.165) is 28.9 Å². The zero-order valence-corrected chi connectivity index (χ0v) is 17.3. The van der Waals surface area contributed by atoms with E-state index in [0.29, 0.717) is 11.5 Å². The zero-order chi connectivity index (χ0) is 21.2. The molecular formula is C20H23N3O5S. The average Bonchev–Trinajstić information content (AvgIpc) is 2.73. The number of benzene rings is 2. The van der Waals surface area contributed by atoms with Crippen LogP contribution < -0.4 is 14.9 Å². The van der Waals surface area contributed by atoms with Crippen molar-refractivity contribution in [3.63, 3.8) is 0 Å². The van der Waals surface area contributed by atoms with Crippen LogP contribution in [0.15, 0.2) is 41.5 Å². The Morgan fingerprint density at radius 2 is 1.93 bits per heavy atom. The monoisotopic (exact) mass is 417 g/mol. The van der Waals surface area contributed by atoms with Crippen molar-refractivity contribution in [1.29, 1.82) is 0 Å². The van der Waals surface area contributed by atoms with Gasteiger partial charge < -0.3 is 9.47 Å². The molecule has 0 atom stereocenters. The van der Waals surface area contributed by atoms with Crippen molar-refractivity contribution in [3.8, 4) is 11.5 Å². The van der Waals surface area contributed by atoms with Crippen LogP contribution in [-0.4, -0.2) is 37.0 Å². The van der Waals surface area contributed by atoms with Crippen molar-refractivity contribution >= 4 is 29.6 Å². The summed E-state index contributed by atoms with van der Waals surface area (Å²) in [6.07, 6.45) is 2.27. The van der Waals surface area contributed by atoms with Crippen molar-refractivity contribution in [1.82, 2.24) is 5.43 Å². The summed E-state index contributed by atoms with van der Waals surface area (Å²) in [6, 6.07) is 9.92. The van der Waals surface area contributed by atoms with Crippen LogP contribution in [0, 0.1) is 10.1 Å². The zero-order valence-electron chi connectivity index (χ0n) is 16.5. The molecule has 0 saturated carbocycles. The summed E-state index contributed by atoms with van der Waals surface area (Å²) in [4.78, 5) is 22.2. The van der Waals surface area contributed by atoms with Gasteiger partial charge in [0.1, 0.15) is 11.5 Å². The third-order valence-electron chi connectivity index (χ3n) is 4.07. The summed E-state index contributed by atoms with van der Waals surface area (Å²) < 4.78 is 10.8. The molecule has 1 amide bonds. The second kappa shape index (κ2) is 11.1. The molecular weight excluding hydrogens is 394 g/mol. The number of hydrogen-bond acceptors (Lipinski definition) is 7. The van der Waals surface area contributed by atoms with E-state index in [2.05, 4.69) is 10.5 Å². The number of hydrazone groups is 1. The molecule has 0 aliphatic carbocycles. The molecule has 0 fully saturated rings. The van der Waals surface area contributed by atoms with Gasteiger partial charge in [-0.3, -0.25) is 14.9 Å². The molecule has 0 heterocycles. The molecule has 0 aliphatic rings. The quantitative estimate of drug-likeness (QED) is 0.360. The number of nitro benzene ring substituents is 1. The lowest BCUT2D eigenvalue weighted by molar-refractivity contribution is -0.384. The standard InChI is InChI=1S/C20H23N3O5S/c1-4-17-18(27-2)10-7-15(20(17)28-3)11-21-22-19(24)13-29-12-14-5-8-16(9-6-14)23(25)26/h5-11H,4,12-13H2,1-3H3,(H,22,24). The van der Waals surface area contributed by atoms with Gasteiger partial charge in [0.2, 0.25) is 5.91 Å². The van der Waals surface area contributed by atoms with Crippen LogP contribution >= 0.6 is 11.8 Å². The van der Waals surface area contributed by atoms with Gasteiger partial charge in [0.05, 0.1) is 31.1 Å². The fourth-order valence-corrected chi connectivity index (χ4v) is 3.46. The van der Waals surface area contributed by atoms with E-state index >= 15 is 0 Å². The lowest BCUT2D eigenvalue weighted by Gasteiger charge is -2.13. The number of nitrogens with zero attached hydrogens (tertiary/aromatic N) is 2. The molecule has 154 valence electrons. The highest BCUT2D eigenvalue weighted by atomic mass is 32.2. The molecule has 2 aromatic rings. The molecule has 29 heavy (non-hydrogen) atoms. The highest BCUT2D eigenvalue weighted by Gasteiger charge is 2.12. The molecule has 1 N–H and O–H groups in total. The maximum atomic E-state index is 12.0. The second-order valence-electron chi connectivity index (χ2n) is 5.93. The van der Waals surface area contributed by atoms with Gasteiger partial charge in [0.15, 0.2) is 0 Å². The van der Waals surface area contributed by atoms with Crippen LogP contribution in [0.3, 0.4) is 0 Å². The third kappa shape index (κ3) is 6.21. The third-order valence-corrected chi connectivity index (χ3v) is 5.07. The minimum absolute atomic E-state index is 0.0472. The van der Waals surface area contributed by atoms with Crippen LogP contribution in [0.2, 0.25) is 0 Å². The van der Waals surface area contributed by atoms with Gasteiger partial charge in [0, 0.05) is 29.0 Å². The van der Waals surface area contributed by atoms with E-state index in [1.165, 1.54) is 30.1 Å². The molecule has 0 radical (unpaired) electrons. The molecule has 9 heteroatoms. The lowest BCUT2D eigenvalue weighted by atomic mass is 10.1. The molecule has 0 saturated heterocycles. The van der Waals surface area contributed by atoms with Crippen LogP contribution in [0.4, 0.5) is 5.69 Å². The van der Waals surface area contributed by atoms with Crippen LogP contribution in [0.1, 0.15) is 23.6 Å². The highest BCUT2D eigenvalue weighted by molar-refractivity contribution is 7.99. The number of non-ortho nitro benzene ring substituents is 1. The average molecular weight is 417 g/mol. The van der Waals surface area contributed by atoms with E-state index < -0.39 is 4.92 Å². The lowest BCUT2D eigenvalue weighted by Crippen LogP contribution is -2.19. The van der Waals surface area contributed by atoms with Gasteiger partial charge >= 0.3 is 0 Å². The summed E-state index contributed by atoms with van der Waals surface area (Å²) in [5.41, 5.74) is 5.12. The van der Waals surface area contributed by atoms with E-state index in [1.54, 1.807) is 26.4 Å². The summed E-state index contributed by atoms with van der Waals surface area (Å²) >= 11 is 1.40. The van der Waals surface area contributed by atoms with Crippen LogP contribution in [0.25, 0.3) is 0 Å². The summed E-state index contributed by atoms with van der Waals surface area (Å²) in [7, 11) is 3.19. The number of amides is 1. The number of nitrogens with one attached hydrogen (secondary N) is 1.